The molecule has 0 fully saturated rings. The van der Waals surface area contributed by atoms with E-state index in [1.165, 1.54) is 0 Å². The van der Waals surface area contributed by atoms with Crippen LogP contribution in [0.1, 0.15) is 5.56 Å². The Morgan fingerprint density at radius 2 is 2.00 bits per heavy atom. The Morgan fingerprint density at radius 3 is 2.50 bits per heavy atom. The average Bonchev–Trinajstić information content (AvgIpc) is 2.09. The van der Waals surface area contributed by atoms with Gasteiger partial charge in [0.2, 0.25) is 0 Å². The summed E-state index contributed by atoms with van der Waals surface area (Å²) >= 11 is 0. The van der Waals surface area contributed by atoms with E-state index in [0.29, 0.717) is 6.07 Å². The maximum atomic E-state index is 13.0. The lowest BCUT2D eigenvalue weighted by Crippen LogP contribution is -2.20. The van der Waals surface area contributed by atoms with Crippen LogP contribution in [0.3, 0.4) is 0 Å². The van der Waals surface area contributed by atoms with Crippen molar-refractivity contribution in [1.29, 1.82) is 0 Å². The van der Waals surface area contributed by atoms with Crippen LogP contribution in [0.5, 0.6) is 0 Å². The zero-order valence-corrected chi connectivity index (χ0v) is 7.18. The summed E-state index contributed by atoms with van der Waals surface area (Å²) in [6.45, 7) is -0.0838. The Labute approximate surface area is 78.9 Å². The van der Waals surface area contributed by atoms with Gasteiger partial charge in [0, 0.05) is 18.2 Å². The predicted octanol–water partition coefficient (Wildman–Crippen LogP) is 0.914. The summed E-state index contributed by atoms with van der Waals surface area (Å²) in [5, 5.41) is 2.02. The van der Waals surface area contributed by atoms with Crippen molar-refractivity contribution in [3.8, 4) is 0 Å². The molecule has 0 aromatic heterocycles. The molecule has 2 amide bonds. The van der Waals surface area contributed by atoms with Gasteiger partial charge in [0.1, 0.15) is 11.6 Å². The predicted molar refractivity (Wildman–Crippen MR) is 47.5 cm³/mol. The second-order valence-corrected chi connectivity index (χ2v) is 2.62. The Balaban J connectivity index is 3.10. The summed E-state index contributed by atoms with van der Waals surface area (Å²) in [5.74, 6) is -1.64. The molecule has 0 unspecified atom stereocenters. The molecule has 0 spiro atoms. The molecule has 1 aromatic carbocycles. The van der Waals surface area contributed by atoms with E-state index in [1.807, 2.05) is 5.32 Å². The quantitative estimate of drug-likeness (QED) is 0.664. The summed E-state index contributed by atoms with van der Waals surface area (Å²) < 4.78 is 25.9. The normalized spacial score (nSPS) is 9.93. The van der Waals surface area contributed by atoms with Crippen LogP contribution in [-0.4, -0.2) is 6.03 Å². The number of nitrogens with one attached hydrogen (secondary N) is 1. The maximum Gasteiger partial charge on any atom is 0.316 e. The van der Waals surface area contributed by atoms with E-state index in [2.05, 4.69) is 0 Å². The van der Waals surface area contributed by atoms with Gasteiger partial charge >= 0.3 is 6.03 Å². The molecule has 0 bridgehead atoms. The third-order valence-corrected chi connectivity index (χ3v) is 1.61. The van der Waals surface area contributed by atoms with Crippen LogP contribution >= 0.6 is 0 Å². The number of carbonyl (C=O) groups excluding carboxylic acids is 1. The first-order chi connectivity index (χ1) is 6.54. The van der Waals surface area contributed by atoms with Gasteiger partial charge in [-0.1, -0.05) is 0 Å². The number of rotatable bonds is 2. The van der Waals surface area contributed by atoms with Gasteiger partial charge < -0.3 is 16.8 Å². The summed E-state index contributed by atoms with van der Waals surface area (Å²) in [4.78, 5) is 10.4. The first-order valence-corrected chi connectivity index (χ1v) is 3.79. The van der Waals surface area contributed by atoms with E-state index in [0.717, 1.165) is 6.07 Å². The SMILES string of the molecule is NCc1cc(NC(N)=O)c(F)cc1F. The fraction of sp³-hybridized carbons (Fsp3) is 0.125. The van der Waals surface area contributed by atoms with E-state index in [4.69, 9.17) is 11.5 Å². The highest BCUT2D eigenvalue weighted by molar-refractivity contribution is 5.88. The van der Waals surface area contributed by atoms with Crippen molar-refractivity contribution in [1.82, 2.24) is 0 Å². The molecule has 0 aliphatic carbocycles. The number of amides is 2. The average molecular weight is 201 g/mol. The Hall–Kier alpha value is -1.69. The Kier molecular flexibility index (Phi) is 2.98. The van der Waals surface area contributed by atoms with E-state index >= 15 is 0 Å². The monoisotopic (exact) mass is 201 g/mol. The molecule has 4 nitrogen and oxygen atoms in total. The van der Waals surface area contributed by atoms with Gasteiger partial charge in [0.05, 0.1) is 5.69 Å². The molecule has 0 radical (unpaired) electrons. The van der Waals surface area contributed by atoms with Crippen molar-refractivity contribution in [3.05, 3.63) is 29.3 Å². The third-order valence-electron chi connectivity index (χ3n) is 1.61. The zero-order valence-electron chi connectivity index (χ0n) is 7.18. The van der Waals surface area contributed by atoms with E-state index in [-0.39, 0.29) is 17.8 Å². The van der Waals surface area contributed by atoms with E-state index < -0.39 is 17.7 Å². The second-order valence-electron chi connectivity index (χ2n) is 2.62. The maximum absolute atomic E-state index is 13.0. The van der Waals surface area contributed by atoms with Gasteiger partial charge in [-0.15, -0.1) is 0 Å². The first-order valence-electron chi connectivity index (χ1n) is 3.79. The lowest BCUT2D eigenvalue weighted by Gasteiger charge is -2.06. The number of primary amides is 1. The number of benzene rings is 1. The van der Waals surface area contributed by atoms with Crippen LogP contribution in [0.15, 0.2) is 12.1 Å². The fourth-order valence-electron chi connectivity index (χ4n) is 0.979. The van der Waals surface area contributed by atoms with Crippen molar-refractivity contribution in [2.45, 2.75) is 6.54 Å². The van der Waals surface area contributed by atoms with Gasteiger partial charge in [-0.3, -0.25) is 0 Å². The molecule has 6 heteroatoms. The molecule has 0 aliphatic heterocycles. The third kappa shape index (κ3) is 2.17. The highest BCUT2D eigenvalue weighted by Gasteiger charge is 2.09. The van der Waals surface area contributed by atoms with Crippen molar-refractivity contribution < 1.29 is 13.6 Å². The number of carbonyl (C=O) groups is 1. The summed E-state index contributed by atoms with van der Waals surface area (Å²) in [5.41, 5.74) is 9.90. The first kappa shape index (κ1) is 10.4. The Bertz CT molecular complexity index is 368. The smallest absolute Gasteiger partial charge is 0.316 e. The molecule has 14 heavy (non-hydrogen) atoms. The van der Waals surface area contributed by atoms with Crippen LogP contribution in [0.4, 0.5) is 19.3 Å². The lowest BCUT2D eigenvalue weighted by molar-refractivity contribution is 0.259. The van der Waals surface area contributed by atoms with Gasteiger partial charge in [-0.2, -0.15) is 0 Å². The molecule has 0 saturated carbocycles. The molecule has 0 aliphatic rings. The van der Waals surface area contributed by atoms with E-state index in [1.54, 1.807) is 0 Å². The summed E-state index contributed by atoms with van der Waals surface area (Å²) in [7, 11) is 0. The number of anilines is 1. The van der Waals surface area contributed by atoms with Crippen LogP contribution in [-0.2, 0) is 6.54 Å². The highest BCUT2D eigenvalue weighted by Crippen LogP contribution is 2.18. The Morgan fingerprint density at radius 1 is 1.36 bits per heavy atom. The molecular weight excluding hydrogens is 192 g/mol. The number of nitrogens with two attached hydrogens (primary N) is 2. The lowest BCUT2D eigenvalue weighted by atomic mass is 10.2. The van der Waals surface area contributed by atoms with Crippen molar-refractivity contribution in [2.75, 3.05) is 5.32 Å². The van der Waals surface area contributed by atoms with Crippen LogP contribution < -0.4 is 16.8 Å². The summed E-state index contributed by atoms with van der Waals surface area (Å²) in [6, 6.07) is 0.835. The number of halogens is 2. The number of urea groups is 1. The van der Waals surface area contributed by atoms with Gasteiger partial charge in [0.25, 0.3) is 0 Å². The minimum Gasteiger partial charge on any atom is -0.351 e. The molecule has 1 aromatic rings. The van der Waals surface area contributed by atoms with Gasteiger partial charge in [-0.05, 0) is 6.07 Å². The largest absolute Gasteiger partial charge is 0.351 e. The van der Waals surface area contributed by atoms with Crippen LogP contribution in [0.25, 0.3) is 0 Å². The standard InChI is InChI=1S/C8H9F2N3O/c9-5-2-6(10)7(13-8(12)14)1-4(5)3-11/h1-2H,3,11H2,(H3,12,13,14). The molecule has 0 heterocycles. The molecule has 0 atom stereocenters. The molecule has 5 N–H and O–H groups in total. The van der Waals surface area contributed by atoms with Crippen molar-refractivity contribution in [2.24, 2.45) is 11.5 Å². The zero-order chi connectivity index (χ0) is 10.7. The molecular formula is C8H9F2N3O. The fourth-order valence-corrected chi connectivity index (χ4v) is 0.979. The second kappa shape index (κ2) is 4.01. The minimum atomic E-state index is -0.918. The van der Waals surface area contributed by atoms with Gasteiger partial charge in [0.15, 0.2) is 0 Å². The minimum absolute atomic E-state index is 0.0838. The van der Waals surface area contributed by atoms with Crippen LogP contribution in [0, 0.1) is 11.6 Å². The topological polar surface area (TPSA) is 81.1 Å². The number of hydrogen-bond acceptors (Lipinski definition) is 2. The molecule has 76 valence electrons. The van der Waals surface area contributed by atoms with Crippen LogP contribution in [0.2, 0.25) is 0 Å². The highest BCUT2D eigenvalue weighted by atomic mass is 19.1. The number of hydrogen-bond donors (Lipinski definition) is 3. The van der Waals surface area contributed by atoms with Crippen molar-refractivity contribution >= 4 is 11.7 Å². The van der Waals surface area contributed by atoms with Crippen molar-refractivity contribution in [3.63, 3.8) is 0 Å². The van der Waals surface area contributed by atoms with Gasteiger partial charge in [-0.25, -0.2) is 13.6 Å². The summed E-state index contributed by atoms with van der Waals surface area (Å²) in [6.07, 6.45) is 0. The molecule has 1 rings (SSSR count). The molecule has 0 saturated heterocycles. The van der Waals surface area contributed by atoms with E-state index in [9.17, 15) is 13.6 Å².